The predicted molar refractivity (Wildman–Crippen MR) is 75.3 cm³/mol. The zero-order chi connectivity index (χ0) is 14.7. The van der Waals surface area contributed by atoms with Crippen LogP contribution in [0.25, 0.3) is 0 Å². The number of esters is 1. The number of carbonyl (C=O) groups is 2. The Morgan fingerprint density at radius 2 is 1.79 bits per heavy atom. The van der Waals surface area contributed by atoms with Crippen molar-refractivity contribution >= 4 is 28.0 Å². The van der Waals surface area contributed by atoms with Crippen LogP contribution < -0.4 is 0 Å². The molecule has 0 N–H and O–H groups in total. The maximum atomic E-state index is 11.9. The first-order valence-electron chi connectivity index (χ1n) is 6.52. The number of amides is 1. The van der Waals surface area contributed by atoms with Crippen LogP contribution in [0.2, 0.25) is 0 Å². The quantitative estimate of drug-likeness (QED) is 0.575. The normalized spacial score (nSPS) is 18.9. The molecule has 110 valence electrons. The Hall–Kier alpha value is -0.780. The van der Waals surface area contributed by atoms with E-state index < -0.39 is 9.93 Å². The van der Waals surface area contributed by atoms with Gasteiger partial charge in [0.05, 0.1) is 6.61 Å². The fraction of sp³-hybridized carbons (Fsp3) is 0.846. The second-order valence-electron chi connectivity index (χ2n) is 5.65. The first kappa shape index (κ1) is 16.3. The van der Waals surface area contributed by atoms with Crippen molar-refractivity contribution in [3.63, 3.8) is 0 Å². The van der Waals surface area contributed by atoms with Crippen LogP contribution in [0, 0.1) is 0 Å². The van der Waals surface area contributed by atoms with E-state index in [2.05, 4.69) is 15.9 Å². The molecule has 19 heavy (non-hydrogen) atoms. The third kappa shape index (κ3) is 4.67. The minimum absolute atomic E-state index is 0.251. The highest BCUT2D eigenvalue weighted by Gasteiger charge is 2.42. The molecule has 0 bridgehead atoms. The van der Waals surface area contributed by atoms with Gasteiger partial charge in [-0.1, -0.05) is 15.9 Å². The highest BCUT2D eigenvalue weighted by molar-refractivity contribution is 9.10. The van der Waals surface area contributed by atoms with Crippen molar-refractivity contribution in [2.24, 2.45) is 0 Å². The van der Waals surface area contributed by atoms with Gasteiger partial charge in [0.1, 0.15) is 9.93 Å². The molecule has 6 heteroatoms. The number of hydrogen-bond donors (Lipinski definition) is 0. The van der Waals surface area contributed by atoms with Gasteiger partial charge in [0.2, 0.25) is 0 Å². The Morgan fingerprint density at radius 1 is 1.26 bits per heavy atom. The molecule has 0 aromatic rings. The second-order valence-corrected chi connectivity index (χ2v) is 7.17. The number of nitrogens with zero attached hydrogens (tertiary/aromatic N) is 1. The molecule has 0 unspecified atom stereocenters. The summed E-state index contributed by atoms with van der Waals surface area (Å²) in [6, 6.07) is 0. The van der Waals surface area contributed by atoms with Crippen molar-refractivity contribution in [1.29, 1.82) is 0 Å². The highest BCUT2D eigenvalue weighted by atomic mass is 79.9. The van der Waals surface area contributed by atoms with Gasteiger partial charge in [0.25, 0.3) is 0 Å². The SMILES string of the molecule is CCOC(=O)C1(Br)CCN(C(=O)OC(C)(C)C)CC1. The number of rotatable bonds is 2. The summed E-state index contributed by atoms with van der Waals surface area (Å²) in [5.74, 6) is -0.251. The molecule has 0 aromatic carbocycles. The van der Waals surface area contributed by atoms with E-state index in [9.17, 15) is 9.59 Å². The van der Waals surface area contributed by atoms with Gasteiger partial charge in [-0.25, -0.2) is 4.79 Å². The van der Waals surface area contributed by atoms with Crippen LogP contribution in [0.3, 0.4) is 0 Å². The summed E-state index contributed by atoms with van der Waals surface area (Å²) in [7, 11) is 0. The minimum Gasteiger partial charge on any atom is -0.465 e. The van der Waals surface area contributed by atoms with Crippen molar-refractivity contribution in [1.82, 2.24) is 4.90 Å². The molecule has 1 rings (SSSR count). The van der Waals surface area contributed by atoms with E-state index in [1.54, 1.807) is 11.8 Å². The van der Waals surface area contributed by atoms with Crippen LogP contribution in [0.5, 0.6) is 0 Å². The molecule has 5 nitrogen and oxygen atoms in total. The standard InChI is InChI=1S/C13H22BrNO4/c1-5-18-10(16)13(14)6-8-15(9-7-13)11(17)19-12(2,3)4/h5-9H2,1-4H3. The lowest BCUT2D eigenvalue weighted by atomic mass is 9.97. The second kappa shape index (κ2) is 6.11. The smallest absolute Gasteiger partial charge is 0.410 e. The van der Waals surface area contributed by atoms with E-state index in [-0.39, 0.29) is 12.1 Å². The maximum absolute atomic E-state index is 11.9. The van der Waals surface area contributed by atoms with Crippen LogP contribution in [-0.2, 0) is 14.3 Å². The summed E-state index contributed by atoms with van der Waals surface area (Å²) >= 11 is 3.45. The molecule has 0 spiro atoms. The van der Waals surface area contributed by atoms with Gasteiger partial charge >= 0.3 is 12.1 Å². The summed E-state index contributed by atoms with van der Waals surface area (Å²) in [6.45, 7) is 8.62. The Labute approximate surface area is 122 Å². The van der Waals surface area contributed by atoms with Gasteiger partial charge in [-0.15, -0.1) is 0 Å². The molecule has 0 radical (unpaired) electrons. The Kier molecular flexibility index (Phi) is 5.24. The fourth-order valence-electron chi connectivity index (χ4n) is 1.83. The number of ether oxygens (including phenoxy) is 2. The van der Waals surface area contributed by atoms with Crippen LogP contribution in [0.4, 0.5) is 4.79 Å². The van der Waals surface area contributed by atoms with E-state index >= 15 is 0 Å². The van der Waals surface area contributed by atoms with E-state index in [0.29, 0.717) is 32.5 Å². The summed E-state index contributed by atoms with van der Waals surface area (Å²) in [6.07, 6.45) is 0.738. The van der Waals surface area contributed by atoms with Crippen LogP contribution in [0.1, 0.15) is 40.5 Å². The molecule has 1 aliphatic rings. The summed E-state index contributed by atoms with van der Waals surface area (Å²) in [5, 5.41) is 0. The molecule has 0 atom stereocenters. The Morgan fingerprint density at radius 3 is 2.21 bits per heavy atom. The molecule has 1 fully saturated rings. The van der Waals surface area contributed by atoms with Gasteiger partial charge in [0.15, 0.2) is 0 Å². The first-order chi connectivity index (χ1) is 8.68. The van der Waals surface area contributed by atoms with E-state index in [0.717, 1.165) is 0 Å². The number of alkyl halides is 1. The van der Waals surface area contributed by atoms with Gasteiger partial charge in [0, 0.05) is 13.1 Å². The average molecular weight is 336 g/mol. The molecule has 0 aliphatic carbocycles. The van der Waals surface area contributed by atoms with Crippen molar-refractivity contribution in [2.75, 3.05) is 19.7 Å². The fourth-order valence-corrected chi connectivity index (χ4v) is 2.30. The molecule has 1 heterocycles. The maximum Gasteiger partial charge on any atom is 0.410 e. The average Bonchev–Trinajstić information content (AvgIpc) is 2.27. The number of halogens is 1. The predicted octanol–water partition coefficient (Wildman–Crippen LogP) is 2.71. The van der Waals surface area contributed by atoms with Gasteiger partial charge in [-0.3, -0.25) is 4.79 Å². The molecule has 1 amide bonds. The molecular formula is C13H22BrNO4. The van der Waals surface area contributed by atoms with Crippen molar-refractivity contribution in [2.45, 2.75) is 50.5 Å². The topological polar surface area (TPSA) is 55.8 Å². The molecule has 1 aliphatic heterocycles. The summed E-state index contributed by atoms with van der Waals surface area (Å²) in [5.41, 5.74) is -0.499. The first-order valence-corrected chi connectivity index (χ1v) is 7.31. The van der Waals surface area contributed by atoms with Crippen LogP contribution >= 0.6 is 15.9 Å². The van der Waals surface area contributed by atoms with Gasteiger partial charge in [-0.2, -0.15) is 0 Å². The number of hydrogen-bond acceptors (Lipinski definition) is 4. The van der Waals surface area contributed by atoms with Crippen molar-refractivity contribution in [3.05, 3.63) is 0 Å². The number of carbonyl (C=O) groups excluding carboxylic acids is 2. The zero-order valence-electron chi connectivity index (χ0n) is 12.0. The van der Waals surface area contributed by atoms with Gasteiger partial charge in [-0.05, 0) is 40.5 Å². The summed E-state index contributed by atoms with van der Waals surface area (Å²) < 4.78 is 9.68. The third-order valence-electron chi connectivity index (χ3n) is 2.85. The van der Waals surface area contributed by atoms with Crippen molar-refractivity contribution in [3.8, 4) is 0 Å². The lowest BCUT2D eigenvalue weighted by Crippen LogP contribution is -2.49. The molecular weight excluding hydrogens is 314 g/mol. The van der Waals surface area contributed by atoms with E-state index in [1.165, 1.54) is 0 Å². The number of likely N-dealkylation sites (tertiary alicyclic amines) is 1. The Balaban J connectivity index is 2.53. The van der Waals surface area contributed by atoms with E-state index in [4.69, 9.17) is 9.47 Å². The Bertz CT molecular complexity index is 343. The van der Waals surface area contributed by atoms with E-state index in [1.807, 2.05) is 20.8 Å². The number of piperidine rings is 1. The molecule has 0 aromatic heterocycles. The lowest BCUT2D eigenvalue weighted by Gasteiger charge is -2.36. The lowest BCUT2D eigenvalue weighted by molar-refractivity contribution is -0.147. The third-order valence-corrected chi connectivity index (χ3v) is 3.97. The highest BCUT2D eigenvalue weighted by Crippen LogP contribution is 2.33. The molecule has 0 saturated carbocycles. The largest absolute Gasteiger partial charge is 0.465 e. The summed E-state index contributed by atoms with van der Waals surface area (Å²) in [4.78, 5) is 25.3. The van der Waals surface area contributed by atoms with Crippen LogP contribution in [0.15, 0.2) is 0 Å². The van der Waals surface area contributed by atoms with Crippen molar-refractivity contribution < 1.29 is 19.1 Å². The monoisotopic (exact) mass is 335 g/mol. The van der Waals surface area contributed by atoms with Crippen LogP contribution in [-0.4, -0.2) is 46.6 Å². The molecule has 1 saturated heterocycles. The zero-order valence-corrected chi connectivity index (χ0v) is 13.6. The van der Waals surface area contributed by atoms with Gasteiger partial charge < -0.3 is 14.4 Å². The minimum atomic E-state index is -0.665.